The Morgan fingerprint density at radius 1 is 1.55 bits per heavy atom. The van der Waals surface area contributed by atoms with Crippen molar-refractivity contribution in [3.05, 3.63) is 47.8 Å². The topological polar surface area (TPSA) is 90.8 Å². The van der Waals surface area contributed by atoms with E-state index in [2.05, 4.69) is 15.5 Å². The van der Waals surface area contributed by atoms with Crippen molar-refractivity contribution in [3.8, 4) is 11.8 Å². The maximum atomic E-state index is 11.8. The van der Waals surface area contributed by atoms with Crippen LogP contribution in [0.25, 0.3) is 0 Å². The standard InChI is InChI=1S/C14H14N4O2/c1-10(12-7-16-17-8-12)18-14(19)9-20-13-5-3-2-4-11(13)6-15/h2-5,7-8,10H,9H2,1H3,(H,16,17)(H,18,19). The van der Waals surface area contributed by atoms with Crippen LogP contribution in [0.2, 0.25) is 0 Å². The van der Waals surface area contributed by atoms with Crippen molar-refractivity contribution >= 4 is 5.91 Å². The first-order chi connectivity index (χ1) is 9.70. The highest BCUT2D eigenvalue weighted by Crippen LogP contribution is 2.16. The van der Waals surface area contributed by atoms with E-state index in [1.807, 2.05) is 13.0 Å². The summed E-state index contributed by atoms with van der Waals surface area (Å²) in [4.78, 5) is 11.8. The molecule has 102 valence electrons. The summed E-state index contributed by atoms with van der Waals surface area (Å²) in [6.45, 7) is 1.72. The van der Waals surface area contributed by atoms with Gasteiger partial charge in [-0.25, -0.2) is 0 Å². The number of nitrogens with zero attached hydrogens (tertiary/aromatic N) is 2. The molecule has 1 heterocycles. The average molecular weight is 270 g/mol. The third-order valence-electron chi connectivity index (χ3n) is 2.76. The molecule has 1 aromatic carbocycles. The maximum absolute atomic E-state index is 11.8. The smallest absolute Gasteiger partial charge is 0.258 e. The second-order valence-electron chi connectivity index (χ2n) is 4.22. The third kappa shape index (κ3) is 3.36. The van der Waals surface area contributed by atoms with Crippen molar-refractivity contribution in [2.24, 2.45) is 0 Å². The van der Waals surface area contributed by atoms with E-state index >= 15 is 0 Å². The molecule has 0 saturated carbocycles. The number of hydrogen-bond donors (Lipinski definition) is 2. The Balaban J connectivity index is 1.88. The van der Waals surface area contributed by atoms with Gasteiger partial charge in [-0.15, -0.1) is 0 Å². The summed E-state index contributed by atoms with van der Waals surface area (Å²) < 4.78 is 5.35. The molecule has 0 saturated heterocycles. The van der Waals surface area contributed by atoms with Gasteiger partial charge >= 0.3 is 0 Å². The van der Waals surface area contributed by atoms with Crippen LogP contribution in [-0.2, 0) is 4.79 Å². The largest absolute Gasteiger partial charge is 0.482 e. The molecule has 20 heavy (non-hydrogen) atoms. The summed E-state index contributed by atoms with van der Waals surface area (Å²) >= 11 is 0. The van der Waals surface area contributed by atoms with Crippen LogP contribution >= 0.6 is 0 Å². The monoisotopic (exact) mass is 270 g/mol. The van der Waals surface area contributed by atoms with E-state index in [0.29, 0.717) is 11.3 Å². The van der Waals surface area contributed by atoms with Gasteiger partial charge in [0.25, 0.3) is 5.91 Å². The van der Waals surface area contributed by atoms with Crippen LogP contribution in [0, 0.1) is 11.3 Å². The molecule has 0 aliphatic rings. The molecule has 6 heteroatoms. The lowest BCUT2D eigenvalue weighted by Gasteiger charge is -2.13. The fraction of sp³-hybridized carbons (Fsp3) is 0.214. The minimum absolute atomic E-state index is 0.138. The van der Waals surface area contributed by atoms with Gasteiger partial charge in [0, 0.05) is 11.8 Å². The van der Waals surface area contributed by atoms with Crippen molar-refractivity contribution in [3.63, 3.8) is 0 Å². The van der Waals surface area contributed by atoms with Crippen molar-refractivity contribution < 1.29 is 9.53 Å². The Bertz CT molecular complexity index is 616. The Kier molecular flexibility index (Phi) is 4.35. The van der Waals surface area contributed by atoms with E-state index in [4.69, 9.17) is 10.00 Å². The summed E-state index contributed by atoms with van der Waals surface area (Å²) in [5.41, 5.74) is 1.29. The molecule has 0 bridgehead atoms. The third-order valence-corrected chi connectivity index (χ3v) is 2.76. The number of hydrogen-bond acceptors (Lipinski definition) is 4. The van der Waals surface area contributed by atoms with Gasteiger partial charge in [0.2, 0.25) is 0 Å². The van der Waals surface area contributed by atoms with Crippen LogP contribution in [0.15, 0.2) is 36.7 Å². The highest BCUT2D eigenvalue weighted by molar-refractivity contribution is 5.78. The number of benzene rings is 1. The molecule has 2 N–H and O–H groups in total. The van der Waals surface area contributed by atoms with Crippen LogP contribution in [0.4, 0.5) is 0 Å². The van der Waals surface area contributed by atoms with Crippen LogP contribution in [0.5, 0.6) is 5.75 Å². The molecule has 6 nitrogen and oxygen atoms in total. The number of carbonyl (C=O) groups is 1. The van der Waals surface area contributed by atoms with Gasteiger partial charge in [0.05, 0.1) is 17.8 Å². The van der Waals surface area contributed by atoms with Gasteiger partial charge in [0.1, 0.15) is 11.8 Å². The molecule has 0 radical (unpaired) electrons. The van der Waals surface area contributed by atoms with Gasteiger partial charge in [0.15, 0.2) is 6.61 Å². The highest BCUT2D eigenvalue weighted by Gasteiger charge is 2.11. The lowest BCUT2D eigenvalue weighted by molar-refractivity contribution is -0.123. The zero-order valence-corrected chi connectivity index (χ0v) is 11.0. The fourth-order valence-corrected chi connectivity index (χ4v) is 1.69. The summed E-state index contributed by atoms with van der Waals surface area (Å²) in [7, 11) is 0. The van der Waals surface area contributed by atoms with Crippen molar-refractivity contribution in [1.82, 2.24) is 15.5 Å². The van der Waals surface area contributed by atoms with Crippen LogP contribution < -0.4 is 10.1 Å². The Morgan fingerprint density at radius 3 is 3.05 bits per heavy atom. The molecule has 0 aliphatic heterocycles. The second-order valence-corrected chi connectivity index (χ2v) is 4.22. The van der Waals surface area contributed by atoms with E-state index in [9.17, 15) is 4.79 Å². The number of nitrogens with one attached hydrogen (secondary N) is 2. The summed E-state index contributed by atoms with van der Waals surface area (Å²) in [5, 5.41) is 18.2. The number of aromatic nitrogens is 2. The summed E-state index contributed by atoms with van der Waals surface area (Å²) in [5.74, 6) is 0.146. The molecule has 2 rings (SSSR count). The molecular weight excluding hydrogens is 256 g/mol. The number of amides is 1. The molecule has 0 spiro atoms. The number of aromatic amines is 1. The van der Waals surface area contributed by atoms with E-state index in [1.165, 1.54) is 0 Å². The van der Waals surface area contributed by atoms with Crippen molar-refractivity contribution in [1.29, 1.82) is 5.26 Å². The predicted molar refractivity (Wildman–Crippen MR) is 71.8 cm³/mol. The lowest BCUT2D eigenvalue weighted by atomic mass is 10.2. The number of para-hydroxylation sites is 1. The Labute approximate surface area is 116 Å². The Hall–Kier alpha value is -2.81. The molecule has 0 fully saturated rings. The SMILES string of the molecule is CC(NC(=O)COc1ccccc1C#N)c1cn[nH]c1. The molecule has 1 unspecified atom stereocenters. The van der Waals surface area contributed by atoms with Crippen LogP contribution in [-0.4, -0.2) is 22.7 Å². The van der Waals surface area contributed by atoms with Gasteiger partial charge < -0.3 is 10.1 Å². The van der Waals surface area contributed by atoms with Gasteiger partial charge in [-0.2, -0.15) is 10.4 Å². The fourth-order valence-electron chi connectivity index (χ4n) is 1.69. The number of carbonyl (C=O) groups excluding carboxylic acids is 1. The van der Waals surface area contributed by atoms with Crippen molar-refractivity contribution in [2.45, 2.75) is 13.0 Å². The number of ether oxygens (including phenoxy) is 1. The molecule has 1 amide bonds. The molecule has 0 aliphatic carbocycles. The normalized spacial score (nSPS) is 11.4. The first kappa shape index (κ1) is 13.6. The van der Waals surface area contributed by atoms with Gasteiger partial charge in [-0.3, -0.25) is 9.89 Å². The minimum atomic E-state index is -0.258. The van der Waals surface area contributed by atoms with Crippen LogP contribution in [0.3, 0.4) is 0 Å². The maximum Gasteiger partial charge on any atom is 0.258 e. The molecule has 1 atom stereocenters. The summed E-state index contributed by atoms with van der Waals surface area (Å²) in [6.07, 6.45) is 3.37. The highest BCUT2D eigenvalue weighted by atomic mass is 16.5. The van der Waals surface area contributed by atoms with Gasteiger partial charge in [-0.1, -0.05) is 12.1 Å². The number of rotatable bonds is 5. The number of nitriles is 1. The molecule has 1 aromatic heterocycles. The quantitative estimate of drug-likeness (QED) is 0.862. The average Bonchev–Trinajstić information content (AvgIpc) is 2.99. The zero-order chi connectivity index (χ0) is 14.4. The first-order valence-corrected chi connectivity index (χ1v) is 6.10. The zero-order valence-electron chi connectivity index (χ0n) is 11.0. The summed E-state index contributed by atoms with van der Waals surface area (Å²) in [6, 6.07) is 8.65. The van der Waals surface area contributed by atoms with E-state index in [1.54, 1.807) is 36.7 Å². The van der Waals surface area contributed by atoms with Crippen molar-refractivity contribution in [2.75, 3.05) is 6.61 Å². The van der Waals surface area contributed by atoms with E-state index in [-0.39, 0.29) is 18.6 Å². The second kappa shape index (κ2) is 6.38. The van der Waals surface area contributed by atoms with Crippen LogP contribution in [0.1, 0.15) is 24.1 Å². The predicted octanol–water partition coefficient (Wildman–Crippen LogP) is 1.54. The Morgan fingerprint density at radius 2 is 2.35 bits per heavy atom. The van der Waals surface area contributed by atoms with Gasteiger partial charge in [-0.05, 0) is 19.1 Å². The molecule has 2 aromatic rings. The first-order valence-electron chi connectivity index (χ1n) is 6.10. The van der Waals surface area contributed by atoms with E-state index < -0.39 is 0 Å². The minimum Gasteiger partial charge on any atom is -0.482 e. The van der Waals surface area contributed by atoms with E-state index in [0.717, 1.165) is 5.56 Å². The number of H-pyrrole nitrogens is 1. The molecular formula is C14H14N4O2. The lowest BCUT2D eigenvalue weighted by Crippen LogP contribution is -2.31.